The van der Waals surface area contributed by atoms with Crippen molar-refractivity contribution in [1.82, 2.24) is 5.32 Å². The molecule has 0 spiro atoms. The van der Waals surface area contributed by atoms with E-state index in [2.05, 4.69) is 17.4 Å². The van der Waals surface area contributed by atoms with Gasteiger partial charge in [0.25, 0.3) is 0 Å². The Morgan fingerprint density at radius 2 is 1.80 bits per heavy atom. The molecule has 162 valence electrons. The van der Waals surface area contributed by atoms with Crippen LogP contribution < -0.4 is 9.62 Å². The molecule has 5 nitrogen and oxygen atoms in total. The predicted octanol–water partition coefficient (Wildman–Crippen LogP) is 4.90. The molecule has 0 radical (unpaired) electrons. The molecule has 2 aromatic carbocycles. The minimum atomic E-state index is -3.74. The Balaban J connectivity index is 1.86. The van der Waals surface area contributed by atoms with Crippen LogP contribution in [0.25, 0.3) is 0 Å². The monoisotopic (exact) mass is 468 g/mol. The Hall–Kier alpha value is -1.76. The molecule has 0 saturated heterocycles. The summed E-state index contributed by atoms with van der Waals surface area (Å²) in [7, 11) is -3.74. The maximum absolute atomic E-state index is 13.1. The van der Waals surface area contributed by atoms with Gasteiger partial charge in [0.15, 0.2) is 0 Å². The van der Waals surface area contributed by atoms with Crippen molar-refractivity contribution in [3.63, 3.8) is 0 Å². The summed E-state index contributed by atoms with van der Waals surface area (Å²) in [5.74, 6) is -0.359. The van der Waals surface area contributed by atoms with Gasteiger partial charge in [-0.3, -0.25) is 9.10 Å². The molecule has 30 heavy (non-hydrogen) atoms. The van der Waals surface area contributed by atoms with Crippen LogP contribution in [0.1, 0.15) is 49.4 Å². The molecule has 0 bridgehead atoms. The van der Waals surface area contributed by atoms with E-state index in [9.17, 15) is 13.2 Å². The van der Waals surface area contributed by atoms with Gasteiger partial charge < -0.3 is 5.32 Å². The number of carbonyl (C=O) groups is 1. The van der Waals surface area contributed by atoms with Crippen LogP contribution >= 0.6 is 23.2 Å². The Labute approximate surface area is 188 Å². The number of sulfonamides is 1. The van der Waals surface area contributed by atoms with Crippen molar-refractivity contribution in [3.05, 3.63) is 63.1 Å². The molecule has 3 rings (SSSR count). The molecule has 1 aliphatic rings. The Morgan fingerprint density at radius 1 is 1.10 bits per heavy atom. The molecule has 8 heteroatoms. The van der Waals surface area contributed by atoms with Crippen LogP contribution in [-0.2, 0) is 27.7 Å². The van der Waals surface area contributed by atoms with Crippen LogP contribution in [-0.4, -0.2) is 26.6 Å². The first kappa shape index (κ1) is 22.9. The summed E-state index contributed by atoms with van der Waals surface area (Å²) in [6.07, 6.45) is 4.69. The highest BCUT2D eigenvalue weighted by atomic mass is 35.5. The summed E-state index contributed by atoms with van der Waals surface area (Å²) in [6.45, 7) is 3.69. The molecule has 1 aliphatic carbocycles. The minimum absolute atomic E-state index is 0.226. The maximum atomic E-state index is 13.1. The highest BCUT2D eigenvalue weighted by Crippen LogP contribution is 2.31. The summed E-state index contributed by atoms with van der Waals surface area (Å²) >= 11 is 12.1. The zero-order valence-corrected chi connectivity index (χ0v) is 19.6. The molecule has 2 atom stereocenters. The first-order valence-electron chi connectivity index (χ1n) is 9.98. The third-order valence-corrected chi connectivity index (χ3v) is 7.39. The smallest absolute Gasteiger partial charge is 0.244 e. The van der Waals surface area contributed by atoms with Gasteiger partial charge in [0.2, 0.25) is 15.9 Å². The van der Waals surface area contributed by atoms with E-state index in [1.165, 1.54) is 23.3 Å². The van der Waals surface area contributed by atoms with E-state index < -0.39 is 16.1 Å². The average Bonchev–Trinajstić information content (AvgIpc) is 3.15. The van der Waals surface area contributed by atoms with Crippen molar-refractivity contribution in [2.24, 2.45) is 0 Å². The molecule has 0 aliphatic heterocycles. The standard InChI is InChI=1S/C22H26Cl2N2O3S/c1-4-21(26(30(3,28)29)18-10-11-19(23)20(24)13-18)22(27)25-14(2)16-9-8-15-6-5-7-17(15)12-16/h8-14,21H,4-7H2,1-3H3,(H,25,27). The lowest BCUT2D eigenvalue weighted by molar-refractivity contribution is -0.122. The van der Waals surface area contributed by atoms with Gasteiger partial charge in [-0.05, 0) is 67.5 Å². The molecular weight excluding hydrogens is 443 g/mol. The predicted molar refractivity (Wildman–Crippen MR) is 123 cm³/mol. The van der Waals surface area contributed by atoms with E-state index in [0.717, 1.165) is 35.4 Å². The van der Waals surface area contributed by atoms with Crippen molar-refractivity contribution in [2.45, 2.75) is 51.6 Å². The largest absolute Gasteiger partial charge is 0.348 e. The molecule has 2 aromatic rings. The fourth-order valence-corrected chi connectivity index (χ4v) is 5.43. The summed E-state index contributed by atoms with van der Waals surface area (Å²) < 4.78 is 26.3. The van der Waals surface area contributed by atoms with Gasteiger partial charge in [0.05, 0.1) is 28.0 Å². The maximum Gasteiger partial charge on any atom is 0.244 e. The van der Waals surface area contributed by atoms with Gasteiger partial charge in [-0.25, -0.2) is 8.42 Å². The molecule has 0 fully saturated rings. The van der Waals surface area contributed by atoms with E-state index in [1.807, 2.05) is 13.0 Å². The van der Waals surface area contributed by atoms with Crippen molar-refractivity contribution < 1.29 is 13.2 Å². The Bertz CT molecular complexity index is 1060. The molecule has 0 heterocycles. The lowest BCUT2D eigenvalue weighted by Gasteiger charge is -2.31. The number of aryl methyl sites for hydroxylation is 2. The summed E-state index contributed by atoms with van der Waals surface area (Å²) in [5.41, 5.74) is 4.01. The van der Waals surface area contributed by atoms with Crippen LogP contribution in [0, 0.1) is 0 Å². The Kier molecular flexibility index (Phi) is 7.00. The summed E-state index contributed by atoms with van der Waals surface area (Å²) in [4.78, 5) is 13.1. The Morgan fingerprint density at radius 3 is 2.43 bits per heavy atom. The van der Waals surface area contributed by atoms with E-state index in [-0.39, 0.29) is 17.0 Å². The van der Waals surface area contributed by atoms with E-state index in [4.69, 9.17) is 23.2 Å². The van der Waals surface area contributed by atoms with Crippen LogP contribution in [0.2, 0.25) is 10.0 Å². The molecule has 1 amide bonds. The number of benzene rings is 2. The molecule has 0 aromatic heterocycles. The van der Waals surface area contributed by atoms with Gasteiger partial charge >= 0.3 is 0 Å². The number of nitrogens with zero attached hydrogens (tertiary/aromatic N) is 1. The second-order valence-electron chi connectivity index (χ2n) is 7.69. The molecule has 0 saturated carbocycles. The molecular formula is C22H26Cl2N2O3S. The number of amides is 1. The van der Waals surface area contributed by atoms with Crippen molar-refractivity contribution in [1.29, 1.82) is 0 Å². The quantitative estimate of drug-likeness (QED) is 0.627. The highest BCUT2D eigenvalue weighted by Gasteiger charge is 2.32. The normalized spacial score (nSPS) is 15.4. The van der Waals surface area contributed by atoms with Crippen molar-refractivity contribution in [3.8, 4) is 0 Å². The van der Waals surface area contributed by atoms with Crippen LogP contribution in [0.5, 0.6) is 0 Å². The van der Waals surface area contributed by atoms with Gasteiger partial charge in [-0.2, -0.15) is 0 Å². The zero-order chi connectivity index (χ0) is 22.1. The number of nitrogens with one attached hydrogen (secondary N) is 1. The fraction of sp³-hybridized carbons (Fsp3) is 0.409. The number of hydrogen-bond acceptors (Lipinski definition) is 3. The summed E-state index contributed by atoms with van der Waals surface area (Å²) in [5, 5.41) is 3.53. The third kappa shape index (κ3) is 4.93. The number of rotatable bonds is 7. The average molecular weight is 469 g/mol. The third-order valence-electron chi connectivity index (χ3n) is 5.47. The number of hydrogen-bond donors (Lipinski definition) is 1. The van der Waals surface area contributed by atoms with E-state index in [1.54, 1.807) is 13.0 Å². The SMILES string of the molecule is CCC(C(=O)NC(C)c1ccc2c(c1)CCC2)N(c1ccc(Cl)c(Cl)c1)S(C)(=O)=O. The number of anilines is 1. The van der Waals surface area contributed by atoms with Gasteiger partial charge in [0.1, 0.15) is 6.04 Å². The fourth-order valence-electron chi connectivity index (χ4n) is 3.94. The van der Waals surface area contributed by atoms with Crippen LogP contribution in [0.4, 0.5) is 5.69 Å². The van der Waals surface area contributed by atoms with Gasteiger partial charge in [-0.15, -0.1) is 0 Å². The van der Waals surface area contributed by atoms with Crippen molar-refractivity contribution in [2.75, 3.05) is 10.6 Å². The second kappa shape index (κ2) is 9.16. The lowest BCUT2D eigenvalue weighted by Crippen LogP contribution is -2.49. The molecule has 2 unspecified atom stereocenters. The van der Waals surface area contributed by atoms with Crippen LogP contribution in [0.15, 0.2) is 36.4 Å². The van der Waals surface area contributed by atoms with Crippen molar-refractivity contribution >= 4 is 44.8 Å². The van der Waals surface area contributed by atoms with E-state index >= 15 is 0 Å². The number of carbonyl (C=O) groups excluding carboxylic acids is 1. The zero-order valence-electron chi connectivity index (χ0n) is 17.3. The van der Waals surface area contributed by atoms with Gasteiger partial charge in [0, 0.05) is 0 Å². The minimum Gasteiger partial charge on any atom is -0.348 e. The summed E-state index contributed by atoms with van der Waals surface area (Å²) in [6, 6.07) is 9.68. The second-order valence-corrected chi connectivity index (χ2v) is 10.4. The number of halogens is 2. The lowest BCUT2D eigenvalue weighted by atomic mass is 10.0. The van der Waals surface area contributed by atoms with Gasteiger partial charge in [-0.1, -0.05) is 48.3 Å². The molecule has 1 N–H and O–H groups in total. The number of fused-ring (bicyclic) bond motifs is 1. The first-order valence-corrected chi connectivity index (χ1v) is 12.6. The topological polar surface area (TPSA) is 66.5 Å². The van der Waals surface area contributed by atoms with Crippen LogP contribution in [0.3, 0.4) is 0 Å². The first-order chi connectivity index (χ1) is 14.1. The van der Waals surface area contributed by atoms with E-state index in [0.29, 0.717) is 17.1 Å². The highest BCUT2D eigenvalue weighted by molar-refractivity contribution is 7.92.